The van der Waals surface area contributed by atoms with E-state index in [1.807, 2.05) is 20.2 Å². The van der Waals surface area contributed by atoms with Crippen LogP contribution >= 0.6 is 0 Å². The van der Waals surface area contributed by atoms with Crippen LogP contribution < -0.4 is 10.6 Å². The molecule has 1 aliphatic carbocycles. The minimum Gasteiger partial charge on any atom is -0.356 e. The molecule has 0 bridgehead atoms. The molecule has 2 N–H and O–H groups in total. The Morgan fingerprint density at radius 2 is 2.14 bits per heavy atom. The molecule has 21 heavy (non-hydrogen) atoms. The Balaban J connectivity index is 1.71. The van der Waals surface area contributed by atoms with E-state index in [1.165, 1.54) is 31.2 Å². The predicted molar refractivity (Wildman–Crippen MR) is 88.6 cm³/mol. The van der Waals surface area contributed by atoms with Crippen LogP contribution in [0.4, 0.5) is 0 Å². The molecule has 1 aliphatic rings. The summed E-state index contributed by atoms with van der Waals surface area (Å²) in [7, 11) is 1.84. The molecule has 4 heteroatoms. The minimum absolute atomic E-state index is 0.512. The van der Waals surface area contributed by atoms with Crippen LogP contribution in [-0.4, -0.2) is 31.1 Å². The summed E-state index contributed by atoms with van der Waals surface area (Å²) in [4.78, 5) is 8.63. The van der Waals surface area contributed by atoms with Gasteiger partial charge in [-0.2, -0.15) is 0 Å². The van der Waals surface area contributed by atoms with Gasteiger partial charge in [0.05, 0.1) is 0 Å². The standard InChI is InChI=1S/C17H28N4/c1-4-17(9-5-10-17)13-21-16(18-3)19-11-8-15-7-6-14(2)20-12-15/h6-7,12H,4-5,8-11,13H2,1-3H3,(H2,18,19,21). The Kier molecular flexibility index (Phi) is 5.59. The number of nitrogens with one attached hydrogen (secondary N) is 2. The molecule has 0 radical (unpaired) electrons. The van der Waals surface area contributed by atoms with Crippen molar-refractivity contribution in [2.75, 3.05) is 20.1 Å². The van der Waals surface area contributed by atoms with E-state index in [9.17, 15) is 0 Å². The van der Waals surface area contributed by atoms with Crippen LogP contribution in [0.1, 0.15) is 43.9 Å². The molecule has 0 atom stereocenters. The van der Waals surface area contributed by atoms with E-state index < -0.39 is 0 Å². The lowest BCUT2D eigenvalue weighted by Crippen LogP contribution is -2.46. The quantitative estimate of drug-likeness (QED) is 0.625. The number of guanidine groups is 1. The van der Waals surface area contributed by atoms with E-state index in [2.05, 4.69) is 39.7 Å². The highest BCUT2D eigenvalue weighted by Gasteiger charge is 2.34. The van der Waals surface area contributed by atoms with E-state index in [0.29, 0.717) is 5.41 Å². The summed E-state index contributed by atoms with van der Waals surface area (Å²) >= 11 is 0. The van der Waals surface area contributed by atoms with Gasteiger partial charge >= 0.3 is 0 Å². The Morgan fingerprint density at radius 1 is 1.33 bits per heavy atom. The Labute approximate surface area is 128 Å². The van der Waals surface area contributed by atoms with Gasteiger partial charge < -0.3 is 10.6 Å². The van der Waals surface area contributed by atoms with Gasteiger partial charge in [-0.25, -0.2) is 0 Å². The van der Waals surface area contributed by atoms with E-state index in [1.54, 1.807) is 0 Å². The number of hydrogen-bond acceptors (Lipinski definition) is 2. The number of hydrogen-bond donors (Lipinski definition) is 2. The van der Waals surface area contributed by atoms with Gasteiger partial charge in [-0.1, -0.05) is 19.4 Å². The van der Waals surface area contributed by atoms with Crippen LogP contribution in [-0.2, 0) is 6.42 Å². The van der Waals surface area contributed by atoms with E-state index >= 15 is 0 Å². The lowest BCUT2D eigenvalue weighted by molar-refractivity contribution is 0.131. The van der Waals surface area contributed by atoms with Crippen molar-refractivity contribution < 1.29 is 0 Å². The van der Waals surface area contributed by atoms with Gasteiger partial charge in [-0.3, -0.25) is 9.98 Å². The summed E-state index contributed by atoms with van der Waals surface area (Å²) in [6, 6.07) is 4.20. The number of nitrogens with zero attached hydrogens (tertiary/aromatic N) is 2. The normalized spacial score (nSPS) is 17.2. The summed E-state index contributed by atoms with van der Waals surface area (Å²) in [5.74, 6) is 0.912. The van der Waals surface area contributed by atoms with Gasteiger partial charge in [0.2, 0.25) is 0 Å². The third kappa shape index (κ3) is 4.45. The average Bonchev–Trinajstić information content (AvgIpc) is 2.46. The topological polar surface area (TPSA) is 49.3 Å². The second-order valence-corrected chi connectivity index (χ2v) is 6.12. The van der Waals surface area contributed by atoms with Gasteiger partial charge in [-0.15, -0.1) is 0 Å². The van der Waals surface area contributed by atoms with Crippen molar-refractivity contribution in [3.05, 3.63) is 29.6 Å². The van der Waals surface area contributed by atoms with E-state index in [-0.39, 0.29) is 0 Å². The highest BCUT2D eigenvalue weighted by Crippen LogP contribution is 2.42. The van der Waals surface area contributed by atoms with Crippen LogP contribution in [0.15, 0.2) is 23.3 Å². The lowest BCUT2D eigenvalue weighted by Gasteiger charge is -2.41. The van der Waals surface area contributed by atoms with E-state index in [0.717, 1.165) is 31.2 Å². The summed E-state index contributed by atoms with van der Waals surface area (Å²) in [6.45, 7) is 6.22. The van der Waals surface area contributed by atoms with Gasteiger partial charge in [0.1, 0.15) is 0 Å². The zero-order valence-electron chi connectivity index (χ0n) is 13.6. The molecule has 4 nitrogen and oxygen atoms in total. The second-order valence-electron chi connectivity index (χ2n) is 6.12. The van der Waals surface area contributed by atoms with Crippen LogP contribution in [0.2, 0.25) is 0 Å². The first kappa shape index (κ1) is 15.8. The van der Waals surface area contributed by atoms with Crippen molar-refractivity contribution in [1.29, 1.82) is 0 Å². The highest BCUT2D eigenvalue weighted by molar-refractivity contribution is 5.79. The van der Waals surface area contributed by atoms with Gasteiger partial charge in [0.15, 0.2) is 5.96 Å². The minimum atomic E-state index is 0.512. The van der Waals surface area contributed by atoms with Crippen LogP contribution in [0.5, 0.6) is 0 Å². The molecule has 0 unspecified atom stereocenters. The smallest absolute Gasteiger partial charge is 0.191 e. The number of rotatable bonds is 6. The molecule has 1 fully saturated rings. The van der Waals surface area contributed by atoms with E-state index in [4.69, 9.17) is 0 Å². The second kappa shape index (κ2) is 7.43. The largest absolute Gasteiger partial charge is 0.356 e. The SMILES string of the molecule is CCC1(CNC(=NC)NCCc2ccc(C)nc2)CCC1. The van der Waals surface area contributed by atoms with Crippen molar-refractivity contribution in [2.45, 2.75) is 46.0 Å². The molecule has 0 saturated heterocycles. The van der Waals surface area contributed by atoms with Crippen LogP contribution in [0, 0.1) is 12.3 Å². The molecule has 0 amide bonds. The van der Waals surface area contributed by atoms with Crippen molar-refractivity contribution in [2.24, 2.45) is 10.4 Å². The van der Waals surface area contributed by atoms with Crippen molar-refractivity contribution in [3.63, 3.8) is 0 Å². The zero-order valence-corrected chi connectivity index (χ0v) is 13.6. The summed E-state index contributed by atoms with van der Waals surface area (Å²) < 4.78 is 0. The molecule has 2 rings (SSSR count). The molecule has 1 heterocycles. The van der Waals surface area contributed by atoms with Crippen molar-refractivity contribution >= 4 is 5.96 Å². The molecule has 0 aromatic carbocycles. The first-order valence-corrected chi connectivity index (χ1v) is 8.03. The fraction of sp³-hybridized carbons (Fsp3) is 0.647. The molecule has 116 valence electrons. The Hall–Kier alpha value is -1.58. The summed E-state index contributed by atoms with van der Waals surface area (Å²) in [5, 5.41) is 6.87. The van der Waals surface area contributed by atoms with Gasteiger partial charge in [0.25, 0.3) is 0 Å². The Morgan fingerprint density at radius 3 is 2.67 bits per heavy atom. The fourth-order valence-electron chi connectivity index (χ4n) is 2.80. The fourth-order valence-corrected chi connectivity index (χ4v) is 2.80. The Bertz CT molecular complexity index is 455. The molecule has 0 spiro atoms. The average molecular weight is 288 g/mol. The number of aryl methyl sites for hydroxylation is 1. The number of aliphatic imine (C=N–C) groups is 1. The predicted octanol–water partition coefficient (Wildman–Crippen LogP) is 2.68. The van der Waals surface area contributed by atoms with Crippen LogP contribution in [0.25, 0.3) is 0 Å². The lowest BCUT2D eigenvalue weighted by atomic mass is 9.67. The molecule has 1 saturated carbocycles. The zero-order chi connectivity index (χ0) is 15.1. The molecule has 1 aromatic heterocycles. The maximum absolute atomic E-state index is 4.32. The maximum Gasteiger partial charge on any atom is 0.191 e. The monoisotopic (exact) mass is 288 g/mol. The van der Waals surface area contributed by atoms with Crippen molar-refractivity contribution in [1.82, 2.24) is 15.6 Å². The van der Waals surface area contributed by atoms with Gasteiger partial charge in [-0.05, 0) is 49.7 Å². The molecule has 0 aliphatic heterocycles. The number of pyridine rings is 1. The summed E-state index contributed by atoms with van der Waals surface area (Å²) in [5.41, 5.74) is 2.83. The number of aromatic nitrogens is 1. The maximum atomic E-state index is 4.32. The summed E-state index contributed by atoms with van der Waals surface area (Å²) in [6.07, 6.45) is 8.25. The molecular formula is C17H28N4. The molecule has 1 aromatic rings. The molecular weight excluding hydrogens is 260 g/mol. The third-order valence-corrected chi connectivity index (χ3v) is 4.70. The van der Waals surface area contributed by atoms with Gasteiger partial charge in [0, 0.05) is 32.0 Å². The highest BCUT2D eigenvalue weighted by atomic mass is 15.2. The first-order chi connectivity index (χ1) is 10.2. The third-order valence-electron chi connectivity index (χ3n) is 4.70. The van der Waals surface area contributed by atoms with Crippen molar-refractivity contribution in [3.8, 4) is 0 Å². The first-order valence-electron chi connectivity index (χ1n) is 8.03. The van der Waals surface area contributed by atoms with Crippen LogP contribution in [0.3, 0.4) is 0 Å².